The number of carbonyl (C=O) groups is 3. The Hall–Kier alpha value is -4.59. The van der Waals surface area contributed by atoms with Gasteiger partial charge in [-0.15, -0.1) is 12.3 Å². The molecule has 1 N–H and O–H groups in total. The minimum atomic E-state index is -1.06. The van der Waals surface area contributed by atoms with Crippen molar-refractivity contribution in [2.45, 2.75) is 70.6 Å². The van der Waals surface area contributed by atoms with E-state index in [9.17, 15) is 14.4 Å². The van der Waals surface area contributed by atoms with Crippen molar-refractivity contribution in [3.63, 3.8) is 0 Å². The van der Waals surface area contributed by atoms with Crippen molar-refractivity contribution in [1.29, 1.82) is 0 Å². The van der Waals surface area contributed by atoms with Crippen molar-refractivity contribution >= 4 is 41.2 Å². The molecule has 0 spiro atoms. The highest BCUT2D eigenvalue weighted by molar-refractivity contribution is 6.42. The highest BCUT2D eigenvalue weighted by atomic mass is 35.5. The molecule has 0 saturated carbocycles. The maximum absolute atomic E-state index is 13.5. The molecule has 10 nitrogen and oxygen atoms in total. The van der Waals surface area contributed by atoms with Gasteiger partial charge in [0.05, 0.1) is 23.7 Å². The number of fused-ring (bicyclic) bond motifs is 2. The van der Waals surface area contributed by atoms with Gasteiger partial charge in [0.15, 0.2) is 17.6 Å². The van der Waals surface area contributed by atoms with Crippen molar-refractivity contribution in [1.82, 2.24) is 10.2 Å². The number of benzene rings is 3. The second-order valence-electron chi connectivity index (χ2n) is 12.4. The summed E-state index contributed by atoms with van der Waals surface area (Å²) in [6, 6.07) is 14.5. The van der Waals surface area contributed by atoms with Crippen LogP contribution in [0.3, 0.4) is 0 Å². The van der Waals surface area contributed by atoms with Gasteiger partial charge >= 0.3 is 12.1 Å². The zero-order valence-corrected chi connectivity index (χ0v) is 28.5. The van der Waals surface area contributed by atoms with Gasteiger partial charge in [0.1, 0.15) is 36.6 Å². The Morgan fingerprint density at radius 2 is 1.77 bits per heavy atom. The minimum absolute atomic E-state index is 0.0620. The second kappa shape index (κ2) is 14.7. The fraction of sp³-hybridized carbons (Fsp3) is 0.361. The zero-order valence-electron chi connectivity index (χ0n) is 27.0. The molecule has 1 unspecified atom stereocenters. The summed E-state index contributed by atoms with van der Waals surface area (Å²) in [6.07, 6.45) is 4.43. The van der Waals surface area contributed by atoms with E-state index in [0.717, 1.165) is 22.3 Å². The number of nitrogens with one attached hydrogen (secondary N) is 1. The van der Waals surface area contributed by atoms with Crippen molar-refractivity contribution in [3.8, 4) is 29.6 Å². The van der Waals surface area contributed by atoms with E-state index >= 15 is 0 Å². The third-order valence-electron chi connectivity index (χ3n) is 7.75. The molecule has 2 aliphatic heterocycles. The summed E-state index contributed by atoms with van der Waals surface area (Å²) in [5.74, 6) is 2.85. The molecule has 3 aromatic carbocycles. The lowest BCUT2D eigenvalue weighted by atomic mass is 9.92. The van der Waals surface area contributed by atoms with Gasteiger partial charge in [0.25, 0.3) is 0 Å². The molecule has 0 aliphatic carbocycles. The summed E-state index contributed by atoms with van der Waals surface area (Å²) in [5.41, 5.74) is 2.54. The van der Waals surface area contributed by atoms with Gasteiger partial charge in [0.2, 0.25) is 5.91 Å². The van der Waals surface area contributed by atoms with Gasteiger partial charge in [-0.05, 0) is 79.4 Å². The fourth-order valence-corrected chi connectivity index (χ4v) is 5.68. The molecule has 0 aromatic heterocycles. The van der Waals surface area contributed by atoms with Crippen LogP contribution < -0.4 is 19.5 Å². The lowest BCUT2D eigenvalue weighted by molar-refractivity contribution is -0.145. The summed E-state index contributed by atoms with van der Waals surface area (Å²) >= 11 is 12.1. The molecule has 0 bridgehead atoms. The molecule has 5 rings (SSSR count). The number of hydrogen-bond acceptors (Lipinski definition) is 8. The first kappa shape index (κ1) is 34.7. The molecular weight excluding hydrogens is 659 g/mol. The minimum Gasteiger partial charge on any atom is -0.489 e. The molecule has 48 heavy (non-hydrogen) atoms. The topological polar surface area (TPSA) is 113 Å². The predicted molar refractivity (Wildman–Crippen MR) is 179 cm³/mol. The van der Waals surface area contributed by atoms with Crippen LogP contribution in [0.15, 0.2) is 54.6 Å². The van der Waals surface area contributed by atoms with Crippen LogP contribution in [0.4, 0.5) is 4.79 Å². The van der Waals surface area contributed by atoms with Gasteiger partial charge in [-0.1, -0.05) is 41.4 Å². The number of ether oxygens (including phenoxy) is 5. The van der Waals surface area contributed by atoms with Crippen LogP contribution in [0, 0.1) is 12.3 Å². The van der Waals surface area contributed by atoms with E-state index in [0.29, 0.717) is 33.9 Å². The smallest absolute Gasteiger partial charge is 0.411 e. The molecular formula is C36H36Cl2N2O8. The summed E-state index contributed by atoms with van der Waals surface area (Å²) in [5, 5.41) is 3.60. The molecule has 0 fully saturated rings. The number of rotatable bonds is 8. The lowest BCUT2D eigenvalue weighted by Gasteiger charge is -2.38. The number of carbonyl (C=O) groups excluding carboxylic acids is 3. The van der Waals surface area contributed by atoms with Crippen LogP contribution in [-0.2, 0) is 38.6 Å². The quantitative estimate of drug-likeness (QED) is 0.212. The van der Waals surface area contributed by atoms with Crippen molar-refractivity contribution < 1.29 is 38.1 Å². The Kier molecular flexibility index (Phi) is 10.6. The summed E-state index contributed by atoms with van der Waals surface area (Å²) < 4.78 is 28.8. The van der Waals surface area contributed by atoms with E-state index in [1.807, 2.05) is 42.5 Å². The first-order valence-corrected chi connectivity index (χ1v) is 16.0. The number of nitrogens with zero attached hydrogens (tertiary/aromatic N) is 1. The molecule has 2 amide bonds. The van der Waals surface area contributed by atoms with E-state index in [4.69, 9.17) is 53.3 Å². The molecule has 0 saturated heterocycles. The molecule has 0 radical (unpaired) electrons. The number of hydrogen-bond donors (Lipinski definition) is 1. The number of esters is 1. The Morgan fingerprint density at radius 3 is 2.44 bits per heavy atom. The Morgan fingerprint density at radius 1 is 1.04 bits per heavy atom. The number of terminal acetylenes is 1. The molecule has 2 aliphatic rings. The maximum atomic E-state index is 13.5. The van der Waals surface area contributed by atoms with E-state index in [2.05, 4.69) is 11.2 Å². The Balaban J connectivity index is 1.32. The monoisotopic (exact) mass is 694 g/mol. The molecule has 252 valence electrons. The van der Waals surface area contributed by atoms with E-state index in [-0.39, 0.29) is 26.0 Å². The highest BCUT2D eigenvalue weighted by Gasteiger charge is 2.39. The molecule has 3 aromatic rings. The Bertz CT molecular complexity index is 1730. The SMILES string of the molecule is C#CC[C@H](NC(=O)C1Cc2cc3c(cc2CN1C(=O)OC(C)(C)C)O[C@@H](c1ccc(OCc2ccc(Cl)c(Cl)c2)cc1)CO3)C(=O)OC. The van der Waals surface area contributed by atoms with Gasteiger partial charge in [-0.2, -0.15) is 0 Å². The van der Waals surface area contributed by atoms with Crippen LogP contribution in [0.1, 0.15) is 55.5 Å². The summed E-state index contributed by atoms with van der Waals surface area (Å²) in [4.78, 5) is 40.5. The zero-order chi connectivity index (χ0) is 34.6. The summed E-state index contributed by atoms with van der Waals surface area (Å²) in [7, 11) is 1.21. The van der Waals surface area contributed by atoms with Crippen LogP contribution in [-0.4, -0.2) is 54.3 Å². The van der Waals surface area contributed by atoms with Gasteiger partial charge < -0.3 is 29.0 Å². The van der Waals surface area contributed by atoms with Gasteiger partial charge in [-0.25, -0.2) is 9.59 Å². The van der Waals surface area contributed by atoms with Gasteiger partial charge in [0, 0.05) is 12.8 Å². The molecule has 2 heterocycles. The lowest BCUT2D eigenvalue weighted by Crippen LogP contribution is -2.56. The first-order chi connectivity index (χ1) is 22.8. The van der Waals surface area contributed by atoms with Crippen molar-refractivity contribution in [2.75, 3.05) is 13.7 Å². The Labute approximate surface area is 289 Å². The maximum Gasteiger partial charge on any atom is 0.411 e. The standard InChI is InChI=1S/C36H36Cl2N2O8/c1-6-7-28(34(42)44-5)39-33(41)29-15-23-16-30-31(17-24(23)18-40(29)35(43)48-36(2,3)4)47-32(20-46-30)22-9-11-25(12-10-22)45-19-21-8-13-26(37)27(38)14-21/h1,8-14,16-17,28-29,32H,7,15,18-20H2,2-5H3,(H,39,41)/t28-,29?,32+/m0/s1. The molecule has 3 atom stereocenters. The van der Waals surface area contributed by atoms with Crippen LogP contribution in [0.25, 0.3) is 0 Å². The summed E-state index contributed by atoms with van der Waals surface area (Å²) in [6.45, 7) is 5.89. The average Bonchev–Trinajstić information content (AvgIpc) is 3.05. The van der Waals surface area contributed by atoms with Crippen LogP contribution in [0.5, 0.6) is 17.2 Å². The molecule has 12 heteroatoms. The predicted octanol–water partition coefficient (Wildman–Crippen LogP) is 6.43. The van der Waals surface area contributed by atoms with Crippen molar-refractivity contribution in [2.24, 2.45) is 0 Å². The van der Waals surface area contributed by atoms with Crippen LogP contribution >= 0.6 is 23.2 Å². The van der Waals surface area contributed by atoms with Crippen LogP contribution in [0.2, 0.25) is 10.0 Å². The largest absolute Gasteiger partial charge is 0.489 e. The van der Waals surface area contributed by atoms with Gasteiger partial charge in [-0.3, -0.25) is 9.69 Å². The van der Waals surface area contributed by atoms with Crippen molar-refractivity contribution in [3.05, 3.63) is 86.9 Å². The normalized spacial score (nSPS) is 17.3. The highest BCUT2D eigenvalue weighted by Crippen LogP contribution is 2.41. The van der Waals surface area contributed by atoms with E-state index in [1.54, 1.807) is 32.9 Å². The third kappa shape index (κ3) is 8.27. The van der Waals surface area contributed by atoms with E-state index < -0.39 is 41.8 Å². The number of amides is 2. The first-order valence-electron chi connectivity index (χ1n) is 15.3. The number of methoxy groups -OCH3 is 1. The second-order valence-corrected chi connectivity index (χ2v) is 13.2. The number of halogens is 2. The fourth-order valence-electron chi connectivity index (χ4n) is 5.36. The van der Waals surface area contributed by atoms with E-state index in [1.165, 1.54) is 12.0 Å². The average molecular weight is 696 g/mol. The third-order valence-corrected chi connectivity index (χ3v) is 8.49.